The number of piperidine rings is 1. The zero-order chi connectivity index (χ0) is 31.0. The smallest absolute Gasteiger partial charge is 0.416 e. The molecule has 2 amide bonds. The Bertz CT molecular complexity index is 1350. The monoisotopic (exact) mass is 625 g/mol. The molecule has 0 aromatic heterocycles. The summed E-state index contributed by atoms with van der Waals surface area (Å²) in [5.41, 5.74) is -0.343. The predicted molar refractivity (Wildman–Crippen MR) is 154 cm³/mol. The third kappa shape index (κ3) is 8.68. The van der Waals surface area contributed by atoms with E-state index in [0.29, 0.717) is 37.7 Å². The molecule has 0 saturated carbocycles. The van der Waals surface area contributed by atoms with E-state index in [9.17, 15) is 31.2 Å². The van der Waals surface area contributed by atoms with Crippen molar-refractivity contribution in [1.82, 2.24) is 25.2 Å². The number of nitrogens with zero attached hydrogens (tertiary/aromatic N) is 2. The molecule has 236 valence electrons. The molecule has 0 unspecified atom stereocenters. The molecule has 4 rings (SSSR count). The van der Waals surface area contributed by atoms with Crippen LogP contribution in [0.1, 0.15) is 30.4 Å². The summed E-state index contributed by atoms with van der Waals surface area (Å²) in [5, 5.41) is 8.91. The molecule has 2 saturated heterocycles. The van der Waals surface area contributed by atoms with Crippen molar-refractivity contribution in [3.63, 3.8) is 0 Å². The molecule has 2 heterocycles. The van der Waals surface area contributed by atoms with E-state index in [-0.39, 0.29) is 19.4 Å². The summed E-state index contributed by atoms with van der Waals surface area (Å²) in [6, 6.07) is 8.33. The molecule has 2 fully saturated rings. The van der Waals surface area contributed by atoms with Gasteiger partial charge in [0.15, 0.2) is 0 Å². The highest BCUT2D eigenvalue weighted by Gasteiger charge is 2.40. The average molecular weight is 626 g/mol. The maximum atomic E-state index is 13.6. The highest BCUT2D eigenvalue weighted by atomic mass is 32.2. The van der Waals surface area contributed by atoms with Crippen LogP contribution in [-0.2, 0) is 32.2 Å². The first-order valence-electron chi connectivity index (χ1n) is 14.3. The van der Waals surface area contributed by atoms with Crippen molar-refractivity contribution in [3.05, 3.63) is 59.7 Å². The van der Waals surface area contributed by atoms with Gasteiger partial charge in [0, 0.05) is 52.2 Å². The minimum absolute atomic E-state index is 0.0311. The second-order valence-corrected chi connectivity index (χ2v) is 12.5. The first kappa shape index (κ1) is 32.7. The van der Waals surface area contributed by atoms with Crippen molar-refractivity contribution in [2.45, 2.75) is 48.8 Å². The van der Waals surface area contributed by atoms with Gasteiger partial charge in [-0.1, -0.05) is 24.6 Å². The number of amides is 2. The maximum absolute atomic E-state index is 13.6. The van der Waals surface area contributed by atoms with Crippen LogP contribution in [0.4, 0.5) is 13.2 Å². The number of alkyl halides is 3. The van der Waals surface area contributed by atoms with Crippen LogP contribution in [0.2, 0.25) is 0 Å². The summed E-state index contributed by atoms with van der Waals surface area (Å²) in [7, 11) is -2.91. The van der Waals surface area contributed by atoms with Gasteiger partial charge in [-0.15, -0.1) is 0 Å². The summed E-state index contributed by atoms with van der Waals surface area (Å²) in [4.78, 5) is 28.6. The molecular formula is C29H38F3N5O5S. The molecule has 43 heavy (non-hydrogen) atoms. The Morgan fingerprint density at radius 2 is 1.79 bits per heavy atom. The van der Waals surface area contributed by atoms with Crippen molar-refractivity contribution < 1.29 is 35.9 Å². The van der Waals surface area contributed by atoms with Crippen molar-refractivity contribution in [2.24, 2.45) is 0 Å². The summed E-state index contributed by atoms with van der Waals surface area (Å²) in [5.74, 6) is -0.462. The highest BCUT2D eigenvalue weighted by molar-refractivity contribution is 7.89. The zero-order valence-electron chi connectivity index (χ0n) is 24.0. The SMILES string of the molecule is COc1ccc(C[C@H](NC(=O)[C@@H]2CCCCN2S(=O)(=O)c2cccc(C(F)(F)F)c2)C(=O)NCCN2CCNCC2)cc1. The lowest BCUT2D eigenvalue weighted by Crippen LogP contribution is -2.57. The number of benzene rings is 2. The third-order valence-electron chi connectivity index (χ3n) is 7.69. The fraction of sp³-hybridized carbons (Fsp3) is 0.517. The first-order valence-corrected chi connectivity index (χ1v) is 15.8. The van der Waals surface area contributed by atoms with E-state index < -0.39 is 50.6 Å². The number of carbonyl (C=O) groups excluding carboxylic acids is 2. The van der Waals surface area contributed by atoms with Crippen LogP contribution in [0.25, 0.3) is 0 Å². The lowest BCUT2D eigenvalue weighted by molar-refractivity contribution is -0.137. The van der Waals surface area contributed by atoms with Gasteiger partial charge >= 0.3 is 6.18 Å². The summed E-state index contributed by atoms with van der Waals surface area (Å²) in [6.45, 7) is 4.43. The number of ether oxygens (including phenoxy) is 1. The number of piperazine rings is 1. The average Bonchev–Trinajstić information content (AvgIpc) is 3.01. The molecule has 10 nitrogen and oxygen atoms in total. The lowest BCUT2D eigenvalue weighted by atomic mass is 10.0. The van der Waals surface area contributed by atoms with E-state index in [1.807, 2.05) is 0 Å². The number of nitrogens with one attached hydrogen (secondary N) is 3. The molecule has 0 bridgehead atoms. The number of hydrogen-bond donors (Lipinski definition) is 3. The van der Waals surface area contributed by atoms with E-state index in [4.69, 9.17) is 4.74 Å². The Labute approximate surface area is 250 Å². The van der Waals surface area contributed by atoms with E-state index >= 15 is 0 Å². The van der Waals surface area contributed by atoms with Crippen molar-refractivity contribution >= 4 is 21.8 Å². The van der Waals surface area contributed by atoms with E-state index in [0.717, 1.165) is 54.2 Å². The molecule has 0 spiro atoms. The van der Waals surface area contributed by atoms with Gasteiger partial charge in [-0.2, -0.15) is 17.5 Å². The summed E-state index contributed by atoms with van der Waals surface area (Å²) in [6.07, 6.45) is -3.42. The van der Waals surface area contributed by atoms with E-state index in [1.54, 1.807) is 24.3 Å². The minimum Gasteiger partial charge on any atom is -0.497 e. The molecule has 14 heteroatoms. The fourth-order valence-electron chi connectivity index (χ4n) is 5.29. The Morgan fingerprint density at radius 1 is 1.07 bits per heavy atom. The van der Waals surface area contributed by atoms with Crippen molar-refractivity contribution in [1.29, 1.82) is 0 Å². The fourth-order valence-corrected chi connectivity index (χ4v) is 7.00. The van der Waals surface area contributed by atoms with Crippen molar-refractivity contribution in [2.75, 3.05) is 52.9 Å². The molecular weight excluding hydrogens is 587 g/mol. The predicted octanol–water partition coefficient (Wildman–Crippen LogP) is 2.01. The number of methoxy groups -OCH3 is 1. The standard InChI is InChI=1S/C29H38F3N5O5S/c1-42-23-10-8-21(9-11-23)19-25(27(38)34-14-18-36-16-12-33-13-17-36)35-28(39)26-7-2-3-15-37(26)43(40,41)24-6-4-5-22(20-24)29(30,31)32/h4-6,8-11,20,25-26,33H,2-3,7,12-19H2,1H3,(H,34,38)(H,35,39)/t25-,26-/m0/s1. The second kappa shape index (κ2) is 14.5. The van der Waals surface area contributed by atoms with Gasteiger partial charge in [0.25, 0.3) is 0 Å². The van der Waals surface area contributed by atoms with Crippen LogP contribution >= 0.6 is 0 Å². The van der Waals surface area contributed by atoms with Gasteiger partial charge in [-0.05, 0) is 48.7 Å². The van der Waals surface area contributed by atoms with Gasteiger partial charge < -0.3 is 20.7 Å². The second-order valence-electron chi connectivity index (χ2n) is 10.6. The molecule has 0 radical (unpaired) electrons. The highest BCUT2D eigenvalue weighted by Crippen LogP contribution is 2.32. The summed E-state index contributed by atoms with van der Waals surface area (Å²) < 4.78 is 73.1. The van der Waals surface area contributed by atoms with Crippen LogP contribution in [-0.4, -0.2) is 94.4 Å². The molecule has 0 aliphatic carbocycles. The lowest BCUT2D eigenvalue weighted by Gasteiger charge is -2.34. The number of carbonyl (C=O) groups is 2. The number of hydrogen-bond acceptors (Lipinski definition) is 7. The van der Waals surface area contributed by atoms with Gasteiger partial charge in [0.05, 0.1) is 17.6 Å². The van der Waals surface area contributed by atoms with Crippen LogP contribution < -0.4 is 20.7 Å². The quantitative estimate of drug-likeness (QED) is 0.350. The van der Waals surface area contributed by atoms with Gasteiger partial charge in [0.1, 0.15) is 17.8 Å². The van der Waals surface area contributed by atoms with E-state index in [1.165, 1.54) is 7.11 Å². The van der Waals surface area contributed by atoms with Crippen LogP contribution in [0, 0.1) is 0 Å². The molecule has 2 atom stereocenters. The maximum Gasteiger partial charge on any atom is 0.416 e. The molecule has 2 aromatic rings. The molecule has 3 N–H and O–H groups in total. The van der Waals surface area contributed by atoms with Crippen LogP contribution in [0.3, 0.4) is 0 Å². The molecule has 2 aliphatic rings. The number of halogens is 3. The van der Waals surface area contributed by atoms with Gasteiger partial charge in [-0.3, -0.25) is 14.5 Å². The topological polar surface area (TPSA) is 120 Å². The molecule has 2 aliphatic heterocycles. The Balaban J connectivity index is 1.51. The van der Waals surface area contributed by atoms with Gasteiger partial charge in [-0.25, -0.2) is 8.42 Å². The Kier molecular flexibility index (Phi) is 11.0. The van der Waals surface area contributed by atoms with Crippen LogP contribution in [0.5, 0.6) is 5.75 Å². The first-order chi connectivity index (χ1) is 20.5. The number of sulfonamides is 1. The van der Waals surface area contributed by atoms with E-state index in [2.05, 4.69) is 20.9 Å². The third-order valence-corrected chi connectivity index (χ3v) is 9.60. The summed E-state index contributed by atoms with van der Waals surface area (Å²) >= 11 is 0. The largest absolute Gasteiger partial charge is 0.497 e. The molecule has 2 aromatic carbocycles. The van der Waals surface area contributed by atoms with Crippen LogP contribution in [0.15, 0.2) is 53.4 Å². The van der Waals surface area contributed by atoms with Gasteiger partial charge in [0.2, 0.25) is 21.8 Å². The zero-order valence-corrected chi connectivity index (χ0v) is 24.8. The Morgan fingerprint density at radius 3 is 2.47 bits per heavy atom. The number of rotatable bonds is 11. The Hall–Kier alpha value is -3.20. The van der Waals surface area contributed by atoms with Crippen molar-refractivity contribution in [3.8, 4) is 5.75 Å². The normalized spacial score (nSPS) is 19.4. The minimum atomic E-state index is -4.73.